The average molecular weight is 187 g/mol. The number of carbonyl (C=O) groups excluding carboxylic acids is 1. The molecule has 0 aliphatic heterocycles. The lowest BCUT2D eigenvalue weighted by Gasteiger charge is -2.38. The largest absolute Gasteiger partial charge is 0.405 e. The maximum absolute atomic E-state index is 10.9. The van der Waals surface area contributed by atoms with Gasteiger partial charge in [0.25, 0.3) is 0 Å². The highest BCUT2D eigenvalue weighted by Crippen LogP contribution is 2.32. The van der Waals surface area contributed by atoms with Crippen LogP contribution in [0.5, 0.6) is 0 Å². The summed E-state index contributed by atoms with van der Waals surface area (Å²) >= 11 is 0. The molecule has 0 N–H and O–H groups in total. The normalized spacial score (nSPS) is 17.6. The van der Waals surface area contributed by atoms with Gasteiger partial charge < -0.3 is 9.22 Å². The lowest BCUT2D eigenvalue weighted by molar-refractivity contribution is -0.129. The van der Waals surface area contributed by atoms with Crippen LogP contribution in [0.3, 0.4) is 0 Å². The van der Waals surface area contributed by atoms with E-state index in [2.05, 4.69) is 0 Å². The van der Waals surface area contributed by atoms with Crippen LogP contribution in [0.2, 0.25) is 13.1 Å². The monoisotopic (exact) mass is 187 g/mol. The first-order valence-corrected chi connectivity index (χ1v) is 6.59. The third-order valence-corrected chi connectivity index (χ3v) is 2.96. The zero-order valence-corrected chi connectivity index (χ0v) is 9.89. The smallest absolute Gasteiger partial charge is 0.206 e. The summed E-state index contributed by atoms with van der Waals surface area (Å²) in [5.74, 6) is 0. The standard InChI is InChI=1S/C9H19O2Si/c1-8(2,3)9(4,7-10)11-12(5)6/h7H,1-6H3/t9-/m0/s1. The molecule has 0 aromatic carbocycles. The van der Waals surface area contributed by atoms with E-state index >= 15 is 0 Å². The van der Waals surface area contributed by atoms with E-state index in [-0.39, 0.29) is 5.41 Å². The molecule has 0 aliphatic carbocycles. The van der Waals surface area contributed by atoms with Crippen molar-refractivity contribution in [2.75, 3.05) is 0 Å². The van der Waals surface area contributed by atoms with Gasteiger partial charge in [-0.25, -0.2) is 0 Å². The van der Waals surface area contributed by atoms with Crippen LogP contribution in [0.25, 0.3) is 0 Å². The Balaban J connectivity index is 4.57. The molecule has 0 bridgehead atoms. The molecule has 0 rings (SSSR count). The molecule has 2 nitrogen and oxygen atoms in total. The second-order valence-electron chi connectivity index (χ2n) is 4.49. The van der Waals surface area contributed by atoms with Crippen molar-refractivity contribution < 1.29 is 9.22 Å². The topological polar surface area (TPSA) is 26.3 Å². The Labute approximate surface area is 77.0 Å². The summed E-state index contributed by atoms with van der Waals surface area (Å²) in [5, 5.41) is 0. The third kappa shape index (κ3) is 2.72. The molecule has 0 spiro atoms. The maximum atomic E-state index is 10.9. The van der Waals surface area contributed by atoms with Crippen molar-refractivity contribution in [1.82, 2.24) is 0 Å². The average Bonchev–Trinajstić information content (AvgIpc) is 1.83. The highest BCUT2D eigenvalue weighted by Gasteiger charge is 2.38. The van der Waals surface area contributed by atoms with Crippen LogP contribution in [-0.2, 0) is 9.22 Å². The summed E-state index contributed by atoms with van der Waals surface area (Å²) in [6, 6.07) is 0. The van der Waals surface area contributed by atoms with Crippen molar-refractivity contribution in [3.63, 3.8) is 0 Å². The Kier molecular flexibility index (Phi) is 3.66. The molecular formula is C9H19O2Si. The molecule has 0 saturated carbocycles. The van der Waals surface area contributed by atoms with Gasteiger partial charge >= 0.3 is 0 Å². The number of hydrogen-bond donors (Lipinski definition) is 0. The minimum atomic E-state index is -0.817. The van der Waals surface area contributed by atoms with E-state index in [0.717, 1.165) is 6.29 Å². The summed E-state index contributed by atoms with van der Waals surface area (Å²) in [6.07, 6.45) is 0.921. The number of aldehydes is 1. The lowest BCUT2D eigenvalue weighted by Crippen LogP contribution is -2.46. The van der Waals surface area contributed by atoms with Gasteiger partial charge in [0.2, 0.25) is 9.04 Å². The van der Waals surface area contributed by atoms with Crippen LogP contribution in [-0.4, -0.2) is 20.9 Å². The number of carbonyl (C=O) groups is 1. The van der Waals surface area contributed by atoms with Gasteiger partial charge in [-0.05, 0) is 25.4 Å². The van der Waals surface area contributed by atoms with Crippen LogP contribution in [0.15, 0.2) is 0 Å². The van der Waals surface area contributed by atoms with Gasteiger partial charge in [-0.15, -0.1) is 0 Å². The molecule has 0 amide bonds. The quantitative estimate of drug-likeness (QED) is 0.500. The van der Waals surface area contributed by atoms with E-state index in [4.69, 9.17) is 4.43 Å². The van der Waals surface area contributed by atoms with Gasteiger partial charge in [0, 0.05) is 0 Å². The van der Waals surface area contributed by atoms with Crippen molar-refractivity contribution in [2.45, 2.75) is 46.4 Å². The molecule has 0 unspecified atom stereocenters. The van der Waals surface area contributed by atoms with E-state index in [1.165, 1.54) is 0 Å². The summed E-state index contributed by atoms with van der Waals surface area (Å²) in [6.45, 7) is 12.0. The second-order valence-corrected chi connectivity index (χ2v) is 6.51. The zero-order chi connectivity index (χ0) is 9.99. The van der Waals surface area contributed by atoms with E-state index in [9.17, 15) is 4.79 Å². The third-order valence-electron chi connectivity index (χ3n) is 2.13. The molecule has 0 aromatic heterocycles. The van der Waals surface area contributed by atoms with E-state index in [1.54, 1.807) is 0 Å². The summed E-state index contributed by atoms with van der Waals surface area (Å²) in [5.41, 5.74) is -0.762. The van der Waals surface area contributed by atoms with E-state index in [0.29, 0.717) is 0 Å². The fourth-order valence-electron chi connectivity index (χ4n) is 0.778. The van der Waals surface area contributed by atoms with Gasteiger partial charge in [0.1, 0.15) is 5.60 Å². The van der Waals surface area contributed by atoms with Crippen LogP contribution >= 0.6 is 0 Å². The molecule has 71 valence electrons. The van der Waals surface area contributed by atoms with Crippen molar-refractivity contribution in [2.24, 2.45) is 5.41 Å². The first-order valence-electron chi connectivity index (χ1n) is 4.18. The molecule has 0 aliphatic rings. The molecule has 0 aromatic rings. The zero-order valence-electron chi connectivity index (χ0n) is 8.89. The first kappa shape index (κ1) is 11.8. The highest BCUT2D eigenvalue weighted by atomic mass is 28.3. The van der Waals surface area contributed by atoms with Crippen LogP contribution in [0, 0.1) is 5.41 Å². The van der Waals surface area contributed by atoms with Crippen LogP contribution in [0.1, 0.15) is 27.7 Å². The Morgan fingerprint density at radius 2 is 1.58 bits per heavy atom. The number of rotatable bonds is 3. The minimum absolute atomic E-state index is 0.128. The predicted octanol–water partition coefficient (Wildman–Crippen LogP) is 2.26. The Bertz CT molecular complexity index is 160. The van der Waals surface area contributed by atoms with Gasteiger partial charge in [0.15, 0.2) is 6.29 Å². The fourth-order valence-corrected chi connectivity index (χ4v) is 1.98. The molecule has 1 radical (unpaired) electrons. The van der Waals surface area contributed by atoms with Gasteiger partial charge in [-0.3, -0.25) is 0 Å². The Morgan fingerprint density at radius 3 is 1.67 bits per heavy atom. The predicted molar refractivity (Wildman–Crippen MR) is 52.5 cm³/mol. The van der Waals surface area contributed by atoms with Crippen LogP contribution < -0.4 is 0 Å². The van der Waals surface area contributed by atoms with E-state index < -0.39 is 14.6 Å². The second kappa shape index (κ2) is 3.71. The van der Waals surface area contributed by atoms with Gasteiger partial charge in [-0.2, -0.15) is 0 Å². The molecule has 0 heterocycles. The highest BCUT2D eigenvalue weighted by molar-refractivity contribution is 6.48. The Hall–Kier alpha value is -0.153. The fraction of sp³-hybridized carbons (Fsp3) is 0.889. The van der Waals surface area contributed by atoms with Crippen molar-refractivity contribution in [1.29, 1.82) is 0 Å². The SMILES string of the molecule is C[Si](C)O[C@@](C)(C=O)C(C)(C)C. The van der Waals surface area contributed by atoms with Crippen LogP contribution in [0.4, 0.5) is 0 Å². The van der Waals surface area contributed by atoms with Gasteiger partial charge in [-0.1, -0.05) is 20.8 Å². The summed E-state index contributed by atoms with van der Waals surface area (Å²) in [7, 11) is -0.817. The van der Waals surface area contributed by atoms with Gasteiger partial charge in [0.05, 0.1) is 0 Å². The molecule has 0 fully saturated rings. The molecule has 0 saturated heterocycles. The number of hydrogen-bond acceptors (Lipinski definition) is 2. The van der Waals surface area contributed by atoms with Crippen molar-refractivity contribution in [3.8, 4) is 0 Å². The summed E-state index contributed by atoms with van der Waals surface area (Å²) in [4.78, 5) is 10.9. The maximum Gasteiger partial charge on any atom is 0.206 e. The molecule has 3 heteroatoms. The van der Waals surface area contributed by atoms with Crippen molar-refractivity contribution >= 4 is 15.3 Å². The Morgan fingerprint density at radius 1 is 1.17 bits per heavy atom. The first-order chi connectivity index (χ1) is 5.23. The lowest BCUT2D eigenvalue weighted by atomic mass is 9.79. The molecule has 12 heavy (non-hydrogen) atoms. The minimum Gasteiger partial charge on any atom is -0.405 e. The molecule has 1 atom stereocenters. The summed E-state index contributed by atoms with van der Waals surface area (Å²) < 4.78 is 5.69. The molecular weight excluding hydrogens is 168 g/mol. The van der Waals surface area contributed by atoms with Crippen molar-refractivity contribution in [3.05, 3.63) is 0 Å². The van der Waals surface area contributed by atoms with E-state index in [1.807, 2.05) is 40.8 Å².